The lowest BCUT2D eigenvalue weighted by molar-refractivity contribution is 0.113. The predicted molar refractivity (Wildman–Crippen MR) is 94.0 cm³/mol. The van der Waals surface area contributed by atoms with Crippen molar-refractivity contribution in [3.63, 3.8) is 0 Å². The Hall–Kier alpha value is -1.82. The number of rotatable bonds is 4. The van der Waals surface area contributed by atoms with E-state index in [-0.39, 0.29) is 24.1 Å². The van der Waals surface area contributed by atoms with E-state index in [2.05, 4.69) is 15.2 Å². The van der Waals surface area contributed by atoms with Crippen LogP contribution in [0.2, 0.25) is 0 Å². The molecule has 2 N–H and O–H groups in total. The van der Waals surface area contributed by atoms with Gasteiger partial charge in [-0.3, -0.25) is 0 Å². The van der Waals surface area contributed by atoms with Crippen molar-refractivity contribution < 1.29 is 9.90 Å². The van der Waals surface area contributed by atoms with E-state index in [4.69, 9.17) is 0 Å². The lowest BCUT2D eigenvalue weighted by atomic mass is 10.0. The molecular weight excluding hydrogens is 304 g/mol. The van der Waals surface area contributed by atoms with Crippen LogP contribution < -0.4 is 10.2 Å². The first-order valence-electron chi connectivity index (χ1n) is 8.99. The number of aliphatic hydroxyl groups excluding tert-OH is 1. The Morgan fingerprint density at radius 3 is 2.75 bits per heavy atom. The summed E-state index contributed by atoms with van der Waals surface area (Å²) >= 11 is 0. The SMILES string of the molecule is CN(CC1CCCC1O)C(=O)NC1CCN(c2ccccn2)CC1. The van der Waals surface area contributed by atoms with Gasteiger partial charge in [0.15, 0.2) is 0 Å². The molecule has 2 fully saturated rings. The number of piperidine rings is 1. The second kappa shape index (κ2) is 7.83. The number of urea groups is 1. The van der Waals surface area contributed by atoms with Crippen molar-refractivity contribution in [2.75, 3.05) is 31.6 Å². The first kappa shape index (κ1) is 17.0. The fourth-order valence-corrected chi connectivity index (χ4v) is 3.74. The van der Waals surface area contributed by atoms with Gasteiger partial charge in [-0.15, -0.1) is 0 Å². The quantitative estimate of drug-likeness (QED) is 0.883. The smallest absolute Gasteiger partial charge is 0.317 e. The number of nitrogens with one attached hydrogen (secondary N) is 1. The number of aliphatic hydroxyl groups is 1. The molecule has 6 nitrogen and oxygen atoms in total. The van der Waals surface area contributed by atoms with Crippen molar-refractivity contribution in [1.29, 1.82) is 0 Å². The van der Waals surface area contributed by atoms with Crippen LogP contribution >= 0.6 is 0 Å². The molecule has 24 heavy (non-hydrogen) atoms. The molecule has 0 bridgehead atoms. The molecule has 6 heteroatoms. The highest BCUT2D eigenvalue weighted by molar-refractivity contribution is 5.74. The van der Waals surface area contributed by atoms with Crippen molar-refractivity contribution in [2.24, 2.45) is 5.92 Å². The fourth-order valence-electron chi connectivity index (χ4n) is 3.74. The molecule has 3 rings (SSSR count). The summed E-state index contributed by atoms with van der Waals surface area (Å²) in [4.78, 5) is 20.7. The topological polar surface area (TPSA) is 68.7 Å². The Bertz CT molecular complexity index is 531. The summed E-state index contributed by atoms with van der Waals surface area (Å²) in [6.45, 7) is 2.46. The first-order chi connectivity index (χ1) is 11.6. The van der Waals surface area contributed by atoms with Gasteiger partial charge in [0.2, 0.25) is 0 Å². The summed E-state index contributed by atoms with van der Waals surface area (Å²) in [6, 6.07) is 6.15. The van der Waals surface area contributed by atoms with Gasteiger partial charge in [0.1, 0.15) is 5.82 Å². The summed E-state index contributed by atoms with van der Waals surface area (Å²) in [6.07, 6.45) is 6.38. The molecule has 1 saturated carbocycles. The Morgan fingerprint density at radius 1 is 1.33 bits per heavy atom. The van der Waals surface area contributed by atoms with Crippen LogP contribution in [-0.2, 0) is 0 Å². The molecule has 1 aromatic rings. The Labute approximate surface area is 143 Å². The zero-order valence-electron chi connectivity index (χ0n) is 14.4. The summed E-state index contributed by atoms with van der Waals surface area (Å²) < 4.78 is 0. The minimum absolute atomic E-state index is 0.0228. The van der Waals surface area contributed by atoms with Gasteiger partial charge < -0.3 is 20.2 Å². The summed E-state index contributed by atoms with van der Waals surface area (Å²) in [7, 11) is 1.82. The van der Waals surface area contributed by atoms with E-state index in [0.717, 1.165) is 51.0 Å². The van der Waals surface area contributed by atoms with Gasteiger partial charge in [0.25, 0.3) is 0 Å². The van der Waals surface area contributed by atoms with Crippen LogP contribution in [0.1, 0.15) is 32.1 Å². The molecule has 132 valence electrons. The van der Waals surface area contributed by atoms with Crippen LogP contribution in [-0.4, -0.2) is 59.8 Å². The normalized spacial score (nSPS) is 24.8. The highest BCUT2D eigenvalue weighted by Gasteiger charge is 2.28. The maximum absolute atomic E-state index is 12.4. The molecule has 1 aliphatic heterocycles. The van der Waals surface area contributed by atoms with Gasteiger partial charge in [-0.2, -0.15) is 0 Å². The molecule has 2 atom stereocenters. The van der Waals surface area contributed by atoms with Gasteiger partial charge in [-0.25, -0.2) is 9.78 Å². The highest BCUT2D eigenvalue weighted by atomic mass is 16.3. The van der Waals surface area contributed by atoms with Crippen molar-refractivity contribution in [3.8, 4) is 0 Å². The van der Waals surface area contributed by atoms with Crippen LogP contribution in [0.15, 0.2) is 24.4 Å². The number of hydrogen-bond donors (Lipinski definition) is 2. The average Bonchev–Trinajstić information content (AvgIpc) is 3.01. The van der Waals surface area contributed by atoms with Crippen LogP contribution in [0.4, 0.5) is 10.6 Å². The van der Waals surface area contributed by atoms with Crippen LogP contribution in [0.5, 0.6) is 0 Å². The number of amides is 2. The molecule has 1 aromatic heterocycles. The predicted octanol–water partition coefficient (Wildman–Crippen LogP) is 1.85. The van der Waals surface area contributed by atoms with Crippen molar-refractivity contribution in [2.45, 2.75) is 44.2 Å². The minimum Gasteiger partial charge on any atom is -0.393 e. The third-order valence-corrected chi connectivity index (χ3v) is 5.27. The Balaban J connectivity index is 1.43. The number of anilines is 1. The Morgan fingerprint density at radius 2 is 2.12 bits per heavy atom. The number of aromatic nitrogens is 1. The van der Waals surface area contributed by atoms with E-state index >= 15 is 0 Å². The summed E-state index contributed by atoms with van der Waals surface area (Å²) in [5.41, 5.74) is 0. The van der Waals surface area contributed by atoms with Crippen molar-refractivity contribution in [3.05, 3.63) is 24.4 Å². The third kappa shape index (κ3) is 4.17. The first-order valence-corrected chi connectivity index (χ1v) is 8.99. The third-order valence-electron chi connectivity index (χ3n) is 5.27. The van der Waals surface area contributed by atoms with E-state index in [1.807, 2.05) is 31.4 Å². The van der Waals surface area contributed by atoms with Crippen LogP contribution in [0, 0.1) is 5.92 Å². The second-order valence-electron chi connectivity index (χ2n) is 7.04. The average molecular weight is 332 g/mol. The molecular formula is C18H28N4O2. The minimum atomic E-state index is -0.248. The van der Waals surface area contributed by atoms with E-state index in [9.17, 15) is 9.90 Å². The molecule has 1 saturated heterocycles. The molecule has 1 aliphatic carbocycles. The van der Waals surface area contributed by atoms with Gasteiger partial charge >= 0.3 is 6.03 Å². The zero-order valence-corrected chi connectivity index (χ0v) is 14.4. The number of carbonyl (C=O) groups is 1. The van der Waals surface area contributed by atoms with Gasteiger partial charge in [0, 0.05) is 44.8 Å². The molecule has 2 unspecified atom stereocenters. The number of hydrogen-bond acceptors (Lipinski definition) is 4. The zero-order chi connectivity index (χ0) is 16.9. The number of nitrogens with zero attached hydrogens (tertiary/aromatic N) is 3. The van der Waals surface area contributed by atoms with E-state index in [0.29, 0.717) is 6.54 Å². The molecule has 2 heterocycles. The van der Waals surface area contributed by atoms with E-state index in [1.165, 1.54) is 0 Å². The van der Waals surface area contributed by atoms with Crippen LogP contribution in [0.3, 0.4) is 0 Å². The lowest BCUT2D eigenvalue weighted by Crippen LogP contribution is -2.49. The largest absolute Gasteiger partial charge is 0.393 e. The highest BCUT2D eigenvalue weighted by Crippen LogP contribution is 2.26. The second-order valence-corrected chi connectivity index (χ2v) is 7.04. The lowest BCUT2D eigenvalue weighted by Gasteiger charge is -2.34. The Kier molecular flexibility index (Phi) is 5.56. The molecule has 0 spiro atoms. The molecule has 0 aromatic carbocycles. The number of carbonyl (C=O) groups excluding carboxylic acids is 1. The summed E-state index contributed by atoms with van der Waals surface area (Å²) in [5, 5.41) is 13.0. The maximum atomic E-state index is 12.4. The molecule has 2 aliphatic rings. The van der Waals surface area contributed by atoms with Crippen molar-refractivity contribution in [1.82, 2.24) is 15.2 Å². The monoisotopic (exact) mass is 332 g/mol. The van der Waals surface area contributed by atoms with Gasteiger partial charge in [0.05, 0.1) is 6.10 Å². The van der Waals surface area contributed by atoms with E-state index in [1.54, 1.807) is 4.90 Å². The van der Waals surface area contributed by atoms with Crippen molar-refractivity contribution >= 4 is 11.8 Å². The van der Waals surface area contributed by atoms with E-state index < -0.39 is 0 Å². The number of pyridine rings is 1. The van der Waals surface area contributed by atoms with Crippen LogP contribution in [0.25, 0.3) is 0 Å². The fraction of sp³-hybridized carbons (Fsp3) is 0.667. The standard InChI is InChI=1S/C18H28N4O2/c1-21(13-14-5-4-6-16(14)23)18(24)20-15-8-11-22(12-9-15)17-7-2-3-10-19-17/h2-3,7,10,14-16,23H,4-6,8-9,11-13H2,1H3,(H,20,24). The summed E-state index contributed by atoms with van der Waals surface area (Å²) in [5.74, 6) is 1.24. The molecule has 2 amide bonds. The molecule has 0 radical (unpaired) electrons. The van der Waals surface area contributed by atoms with Gasteiger partial charge in [-0.1, -0.05) is 12.5 Å². The maximum Gasteiger partial charge on any atom is 0.317 e. The van der Waals surface area contributed by atoms with Gasteiger partial charge in [-0.05, 0) is 37.8 Å².